The maximum absolute atomic E-state index is 13.5. The molecule has 134 valence electrons. The molecular formula is C13H19FN3O6P. The van der Waals surface area contributed by atoms with Crippen molar-refractivity contribution in [1.29, 1.82) is 0 Å². The van der Waals surface area contributed by atoms with Gasteiger partial charge in [0.15, 0.2) is 30.5 Å². The van der Waals surface area contributed by atoms with Gasteiger partial charge in [0.05, 0.1) is 19.4 Å². The molecule has 0 spiro atoms. The minimum Gasteiger partial charge on any atom is -0.381 e. The summed E-state index contributed by atoms with van der Waals surface area (Å²) in [5.41, 5.74) is 4.46. The molecule has 1 aliphatic rings. The second-order valence-electron chi connectivity index (χ2n) is 4.69. The first-order valence-electron chi connectivity index (χ1n) is 7.26. The number of rotatable bonds is 8. The van der Waals surface area contributed by atoms with Gasteiger partial charge in [0.25, 0.3) is 0 Å². The highest BCUT2D eigenvalue weighted by molar-refractivity contribution is 7.53. The molecule has 0 radical (unpaired) electrons. The second kappa shape index (κ2) is 8.00. The molecule has 0 bridgehead atoms. The SMILES string of the molecule is CCOP(=O)(CO[C@H]1C=C[C@@H](n2cc(F)c(N)nc2=O)O1)OCC. The number of ether oxygens (including phenoxy) is 2. The minimum atomic E-state index is -3.38. The van der Waals surface area contributed by atoms with Crippen LogP contribution in [0.2, 0.25) is 0 Å². The molecule has 0 fully saturated rings. The fraction of sp³-hybridized carbons (Fsp3) is 0.538. The molecule has 2 N–H and O–H groups in total. The first-order chi connectivity index (χ1) is 11.4. The number of nitrogens with zero attached hydrogens (tertiary/aromatic N) is 2. The lowest BCUT2D eigenvalue weighted by Crippen LogP contribution is -2.29. The normalized spacial score (nSPS) is 20.6. The summed E-state index contributed by atoms with van der Waals surface area (Å²) in [6.45, 7) is 3.78. The summed E-state index contributed by atoms with van der Waals surface area (Å²) < 4.78 is 47.6. The van der Waals surface area contributed by atoms with Crippen molar-refractivity contribution in [2.24, 2.45) is 0 Å². The Bertz CT molecular complexity index is 699. The molecular weight excluding hydrogens is 344 g/mol. The lowest BCUT2D eigenvalue weighted by Gasteiger charge is -2.20. The number of hydrogen-bond donors (Lipinski definition) is 1. The van der Waals surface area contributed by atoms with Crippen molar-refractivity contribution in [2.75, 3.05) is 25.3 Å². The number of hydrogen-bond acceptors (Lipinski definition) is 8. The van der Waals surface area contributed by atoms with E-state index in [4.69, 9.17) is 24.3 Å². The molecule has 24 heavy (non-hydrogen) atoms. The summed E-state index contributed by atoms with van der Waals surface area (Å²) in [5, 5.41) is 0. The lowest BCUT2D eigenvalue weighted by atomic mass is 10.4. The van der Waals surface area contributed by atoms with E-state index in [2.05, 4.69) is 4.98 Å². The molecule has 11 heteroatoms. The molecule has 2 heterocycles. The van der Waals surface area contributed by atoms with E-state index in [1.165, 1.54) is 12.2 Å². The summed E-state index contributed by atoms with van der Waals surface area (Å²) in [7, 11) is -3.38. The van der Waals surface area contributed by atoms with Crippen molar-refractivity contribution in [3.8, 4) is 0 Å². The van der Waals surface area contributed by atoms with Gasteiger partial charge in [0.2, 0.25) is 0 Å². The van der Waals surface area contributed by atoms with E-state index in [-0.39, 0.29) is 19.6 Å². The molecule has 1 aliphatic heterocycles. The molecule has 0 aliphatic carbocycles. The van der Waals surface area contributed by atoms with Gasteiger partial charge in [-0.15, -0.1) is 0 Å². The first kappa shape index (κ1) is 18.8. The van der Waals surface area contributed by atoms with Gasteiger partial charge in [-0.05, 0) is 26.0 Å². The average molecular weight is 363 g/mol. The smallest absolute Gasteiger partial charge is 0.356 e. The summed E-state index contributed by atoms with van der Waals surface area (Å²) in [5.74, 6) is -1.33. The third-order valence-corrected chi connectivity index (χ3v) is 4.73. The summed E-state index contributed by atoms with van der Waals surface area (Å²) in [6.07, 6.45) is 1.75. The quantitative estimate of drug-likeness (QED) is 0.547. The van der Waals surface area contributed by atoms with E-state index in [0.717, 1.165) is 10.8 Å². The topological polar surface area (TPSA) is 115 Å². The molecule has 9 nitrogen and oxygen atoms in total. The first-order valence-corrected chi connectivity index (χ1v) is 8.99. The van der Waals surface area contributed by atoms with Gasteiger partial charge in [-0.1, -0.05) is 0 Å². The van der Waals surface area contributed by atoms with Crippen molar-refractivity contribution in [3.63, 3.8) is 0 Å². The van der Waals surface area contributed by atoms with Crippen LogP contribution < -0.4 is 11.4 Å². The van der Waals surface area contributed by atoms with E-state index < -0.39 is 37.4 Å². The molecule has 0 amide bonds. The van der Waals surface area contributed by atoms with Crippen molar-refractivity contribution in [2.45, 2.75) is 26.4 Å². The predicted molar refractivity (Wildman–Crippen MR) is 82.7 cm³/mol. The van der Waals surface area contributed by atoms with Crippen LogP contribution in [0.25, 0.3) is 0 Å². The molecule has 0 unspecified atom stereocenters. The Morgan fingerprint density at radius 2 is 2.04 bits per heavy atom. The highest BCUT2D eigenvalue weighted by Gasteiger charge is 2.29. The van der Waals surface area contributed by atoms with Crippen molar-refractivity contribution < 1.29 is 27.5 Å². The van der Waals surface area contributed by atoms with Crippen LogP contribution in [0.3, 0.4) is 0 Å². The third kappa shape index (κ3) is 4.49. The van der Waals surface area contributed by atoms with Crippen LogP contribution in [-0.2, 0) is 23.1 Å². The molecule has 1 aromatic heterocycles. The summed E-state index contributed by atoms with van der Waals surface area (Å²) in [6, 6.07) is 0. The predicted octanol–water partition coefficient (Wildman–Crippen LogP) is 1.62. The van der Waals surface area contributed by atoms with Gasteiger partial charge in [-0.3, -0.25) is 9.13 Å². The fourth-order valence-electron chi connectivity index (χ4n) is 1.98. The van der Waals surface area contributed by atoms with E-state index in [9.17, 15) is 13.8 Å². The molecule has 2 atom stereocenters. The van der Waals surface area contributed by atoms with Gasteiger partial charge in [0, 0.05) is 0 Å². The lowest BCUT2D eigenvalue weighted by molar-refractivity contribution is -0.128. The number of anilines is 1. The van der Waals surface area contributed by atoms with Gasteiger partial charge in [-0.2, -0.15) is 4.98 Å². The fourth-order valence-corrected chi connectivity index (χ4v) is 3.32. The van der Waals surface area contributed by atoms with Crippen LogP contribution in [0.4, 0.5) is 10.2 Å². The van der Waals surface area contributed by atoms with Crippen LogP contribution in [0.1, 0.15) is 20.1 Å². The molecule has 0 saturated heterocycles. The Balaban J connectivity index is 1.99. The Kier molecular flexibility index (Phi) is 6.25. The molecule has 1 aromatic rings. The van der Waals surface area contributed by atoms with Crippen molar-refractivity contribution in [1.82, 2.24) is 9.55 Å². The van der Waals surface area contributed by atoms with E-state index in [0.29, 0.717) is 0 Å². The Labute approximate surface area is 137 Å². The van der Waals surface area contributed by atoms with Crippen LogP contribution in [0.5, 0.6) is 0 Å². The van der Waals surface area contributed by atoms with Gasteiger partial charge in [0.1, 0.15) is 0 Å². The Hall–Kier alpha value is -1.58. The second-order valence-corrected chi connectivity index (χ2v) is 6.68. The number of aromatic nitrogens is 2. The average Bonchev–Trinajstić information content (AvgIpc) is 2.98. The number of nitrogen functional groups attached to an aromatic ring is 1. The van der Waals surface area contributed by atoms with Crippen molar-refractivity contribution >= 4 is 13.4 Å². The van der Waals surface area contributed by atoms with E-state index in [1.54, 1.807) is 13.8 Å². The molecule has 2 rings (SSSR count). The van der Waals surface area contributed by atoms with Crippen LogP contribution in [0, 0.1) is 5.82 Å². The summed E-state index contributed by atoms with van der Waals surface area (Å²) >= 11 is 0. The third-order valence-electron chi connectivity index (χ3n) is 2.96. The Morgan fingerprint density at radius 1 is 1.38 bits per heavy atom. The zero-order valence-electron chi connectivity index (χ0n) is 13.3. The maximum atomic E-state index is 13.5. The number of nitrogens with two attached hydrogens (primary N) is 1. The standard InChI is InChI=1S/C13H19FN3O6P/c1-3-21-24(19,22-4-2)8-20-11-6-5-10(23-11)17-7-9(14)12(15)16-13(17)18/h5-7,10-11H,3-4,8H2,1-2H3,(H2,15,16,18)/t10-,11+/m0/s1. The van der Waals surface area contributed by atoms with Gasteiger partial charge >= 0.3 is 13.3 Å². The van der Waals surface area contributed by atoms with Crippen LogP contribution in [-0.4, -0.2) is 35.4 Å². The monoisotopic (exact) mass is 363 g/mol. The van der Waals surface area contributed by atoms with Gasteiger partial charge in [-0.25, -0.2) is 9.18 Å². The zero-order valence-corrected chi connectivity index (χ0v) is 14.1. The van der Waals surface area contributed by atoms with Crippen LogP contribution in [0.15, 0.2) is 23.1 Å². The number of halogens is 1. The van der Waals surface area contributed by atoms with Crippen molar-refractivity contribution in [3.05, 3.63) is 34.7 Å². The molecule has 0 saturated carbocycles. The van der Waals surface area contributed by atoms with Crippen LogP contribution >= 0.6 is 7.60 Å². The Morgan fingerprint density at radius 3 is 2.67 bits per heavy atom. The van der Waals surface area contributed by atoms with E-state index >= 15 is 0 Å². The minimum absolute atomic E-state index is 0.205. The largest absolute Gasteiger partial charge is 0.381 e. The highest BCUT2D eigenvalue weighted by Crippen LogP contribution is 2.48. The highest BCUT2D eigenvalue weighted by atomic mass is 31.2. The summed E-state index contributed by atoms with van der Waals surface area (Å²) in [4.78, 5) is 15.1. The zero-order chi connectivity index (χ0) is 17.7. The van der Waals surface area contributed by atoms with E-state index in [1.807, 2.05) is 0 Å². The maximum Gasteiger partial charge on any atom is 0.356 e. The van der Waals surface area contributed by atoms with Gasteiger partial charge < -0.3 is 24.3 Å². The molecule has 0 aromatic carbocycles.